The number of aliphatic hydroxyl groups excluding tert-OH is 1. The number of allylic oxidation sites excluding steroid dienone is 1. The number of fused-ring (bicyclic) bond motifs is 1. The Morgan fingerprint density at radius 1 is 1.28 bits per heavy atom. The van der Waals surface area contributed by atoms with E-state index in [1.165, 1.54) is 25.3 Å². The molecule has 1 aliphatic carbocycles. The van der Waals surface area contributed by atoms with Gasteiger partial charge in [0.2, 0.25) is 5.91 Å². The number of carbonyl (C=O) groups is 3. The summed E-state index contributed by atoms with van der Waals surface area (Å²) in [6.07, 6.45) is 1.76. The van der Waals surface area contributed by atoms with Crippen molar-refractivity contribution in [1.82, 2.24) is 9.97 Å². The molecule has 9 nitrogen and oxygen atoms in total. The molecule has 2 amide bonds. The van der Waals surface area contributed by atoms with Crippen LogP contribution in [0.25, 0.3) is 5.76 Å². The third kappa shape index (κ3) is 4.27. The van der Waals surface area contributed by atoms with Gasteiger partial charge in [0, 0.05) is 30.8 Å². The van der Waals surface area contributed by atoms with Gasteiger partial charge in [-0.3, -0.25) is 14.5 Å². The second-order valence-electron chi connectivity index (χ2n) is 6.42. The smallest absolute Gasteiger partial charge is 0.412 e. The number of hydrogen-bond acceptors (Lipinski definition) is 7. The standard InChI is InChI=1S/C19H20N4O5S/c1-3-23(19(27)28)14-8-7-11(9-20-14)15(25)12-5-4-6-13-17(16(12)26)29-18(22-13)21-10(2)24/h7-9,26H,3-6H2,1-2H3,(H,27,28)(H,21,22,24). The Morgan fingerprint density at radius 2 is 2.03 bits per heavy atom. The Balaban J connectivity index is 1.91. The Bertz CT molecular complexity index is 997. The van der Waals surface area contributed by atoms with Gasteiger partial charge in [-0.1, -0.05) is 11.3 Å². The number of nitrogens with zero attached hydrogens (tertiary/aromatic N) is 3. The number of aromatic nitrogens is 2. The number of anilines is 2. The molecule has 2 aromatic rings. The lowest BCUT2D eigenvalue weighted by Crippen LogP contribution is -2.29. The van der Waals surface area contributed by atoms with Crippen LogP contribution in [0.5, 0.6) is 0 Å². The average Bonchev–Trinajstić information content (AvgIpc) is 3.00. The summed E-state index contributed by atoms with van der Waals surface area (Å²) in [5.41, 5.74) is 1.15. The zero-order chi connectivity index (χ0) is 21.1. The highest BCUT2D eigenvalue weighted by Crippen LogP contribution is 2.36. The molecule has 0 fully saturated rings. The van der Waals surface area contributed by atoms with Crippen LogP contribution in [-0.4, -0.2) is 44.5 Å². The Morgan fingerprint density at radius 3 is 2.62 bits per heavy atom. The molecule has 2 aromatic heterocycles. The third-order valence-electron chi connectivity index (χ3n) is 4.43. The number of thiazole rings is 1. The lowest BCUT2D eigenvalue weighted by molar-refractivity contribution is -0.114. The number of aryl methyl sites for hydroxylation is 1. The highest BCUT2D eigenvalue weighted by Gasteiger charge is 2.26. The molecule has 0 spiro atoms. The lowest BCUT2D eigenvalue weighted by Gasteiger charge is -2.16. The van der Waals surface area contributed by atoms with Gasteiger partial charge in [-0.2, -0.15) is 0 Å². The molecule has 2 heterocycles. The topological polar surface area (TPSA) is 133 Å². The zero-order valence-corrected chi connectivity index (χ0v) is 16.7. The maximum atomic E-state index is 13.0. The van der Waals surface area contributed by atoms with Crippen LogP contribution < -0.4 is 10.2 Å². The zero-order valence-electron chi connectivity index (χ0n) is 15.9. The minimum absolute atomic E-state index is 0.138. The summed E-state index contributed by atoms with van der Waals surface area (Å²) < 4.78 is 0. The monoisotopic (exact) mass is 416 g/mol. The third-order valence-corrected chi connectivity index (χ3v) is 5.45. The van der Waals surface area contributed by atoms with Gasteiger partial charge in [-0.05, 0) is 38.3 Å². The molecule has 29 heavy (non-hydrogen) atoms. The van der Waals surface area contributed by atoms with Crippen molar-refractivity contribution in [1.29, 1.82) is 0 Å². The van der Waals surface area contributed by atoms with Crippen molar-refractivity contribution in [2.24, 2.45) is 0 Å². The van der Waals surface area contributed by atoms with Gasteiger partial charge in [-0.25, -0.2) is 14.8 Å². The predicted octanol–water partition coefficient (Wildman–Crippen LogP) is 3.49. The molecule has 0 atom stereocenters. The van der Waals surface area contributed by atoms with E-state index in [0.29, 0.717) is 35.0 Å². The van der Waals surface area contributed by atoms with Gasteiger partial charge in [0.1, 0.15) is 11.6 Å². The number of ketones is 1. The van der Waals surface area contributed by atoms with Crippen molar-refractivity contribution in [3.05, 3.63) is 40.0 Å². The van der Waals surface area contributed by atoms with E-state index in [1.54, 1.807) is 6.92 Å². The van der Waals surface area contributed by atoms with Crippen molar-refractivity contribution in [2.75, 3.05) is 16.8 Å². The van der Waals surface area contributed by atoms with Crippen molar-refractivity contribution in [3.8, 4) is 0 Å². The van der Waals surface area contributed by atoms with Crippen LogP contribution >= 0.6 is 11.3 Å². The first-order valence-corrected chi connectivity index (χ1v) is 9.84. The molecule has 0 unspecified atom stereocenters. The largest absolute Gasteiger partial charge is 0.506 e. The van der Waals surface area contributed by atoms with Crippen LogP contribution in [0.1, 0.15) is 47.6 Å². The second-order valence-corrected chi connectivity index (χ2v) is 7.42. The minimum Gasteiger partial charge on any atom is -0.506 e. The van der Waals surface area contributed by atoms with Crippen molar-refractivity contribution >= 4 is 45.8 Å². The summed E-state index contributed by atoms with van der Waals surface area (Å²) in [7, 11) is 0. The van der Waals surface area contributed by atoms with Gasteiger partial charge in [-0.15, -0.1) is 0 Å². The number of pyridine rings is 1. The summed E-state index contributed by atoms with van der Waals surface area (Å²) in [4.78, 5) is 45.4. The molecule has 3 N–H and O–H groups in total. The molecule has 0 saturated carbocycles. The van der Waals surface area contributed by atoms with Gasteiger partial charge in [0.05, 0.1) is 10.6 Å². The summed E-state index contributed by atoms with van der Waals surface area (Å²) >= 11 is 1.12. The van der Waals surface area contributed by atoms with E-state index in [9.17, 15) is 24.6 Å². The van der Waals surface area contributed by atoms with Crippen LogP contribution in [0.2, 0.25) is 0 Å². The maximum Gasteiger partial charge on any atom is 0.412 e. The molecule has 152 valence electrons. The molecule has 10 heteroatoms. The van der Waals surface area contributed by atoms with Gasteiger partial charge in [0.25, 0.3) is 0 Å². The first kappa shape index (κ1) is 20.5. The summed E-state index contributed by atoms with van der Waals surface area (Å²) in [6.45, 7) is 3.29. The number of aliphatic hydroxyl groups is 1. The van der Waals surface area contributed by atoms with Crippen LogP contribution in [0, 0.1) is 0 Å². The summed E-state index contributed by atoms with van der Waals surface area (Å²) in [5.74, 6) is -0.550. The lowest BCUT2D eigenvalue weighted by atomic mass is 10.00. The number of carboxylic acid groups (broad SMARTS) is 1. The molecular formula is C19H20N4O5S. The molecule has 0 aliphatic heterocycles. The Kier molecular flexibility index (Phi) is 5.92. The maximum absolute atomic E-state index is 13.0. The molecule has 0 saturated heterocycles. The van der Waals surface area contributed by atoms with Crippen LogP contribution in [-0.2, 0) is 11.2 Å². The number of amides is 2. The van der Waals surface area contributed by atoms with Gasteiger partial charge in [0.15, 0.2) is 10.9 Å². The second kappa shape index (κ2) is 8.39. The van der Waals surface area contributed by atoms with E-state index < -0.39 is 6.09 Å². The molecule has 3 rings (SSSR count). The van der Waals surface area contributed by atoms with E-state index in [1.807, 2.05) is 0 Å². The fourth-order valence-corrected chi connectivity index (χ4v) is 4.10. The summed E-state index contributed by atoms with van der Waals surface area (Å²) in [5, 5.41) is 22.9. The van der Waals surface area contributed by atoms with Crippen molar-refractivity contribution in [3.63, 3.8) is 0 Å². The highest BCUT2D eigenvalue weighted by molar-refractivity contribution is 7.16. The Labute approximate surface area is 170 Å². The quantitative estimate of drug-likeness (QED) is 0.635. The minimum atomic E-state index is -1.13. The molecule has 0 bridgehead atoms. The van der Waals surface area contributed by atoms with Crippen molar-refractivity contribution in [2.45, 2.75) is 33.1 Å². The van der Waals surface area contributed by atoms with E-state index in [-0.39, 0.29) is 40.9 Å². The van der Waals surface area contributed by atoms with Crippen LogP contribution in [0.3, 0.4) is 0 Å². The highest BCUT2D eigenvalue weighted by atomic mass is 32.1. The number of carbonyl (C=O) groups excluding carboxylic acids is 2. The molecule has 0 aromatic carbocycles. The average molecular weight is 416 g/mol. The van der Waals surface area contributed by atoms with E-state index >= 15 is 0 Å². The number of hydrogen-bond donors (Lipinski definition) is 3. The van der Waals surface area contributed by atoms with Gasteiger partial charge < -0.3 is 15.5 Å². The van der Waals surface area contributed by atoms with Crippen LogP contribution in [0.15, 0.2) is 23.9 Å². The fraction of sp³-hybridized carbons (Fsp3) is 0.316. The fourth-order valence-electron chi connectivity index (χ4n) is 3.07. The van der Waals surface area contributed by atoms with Gasteiger partial charge >= 0.3 is 6.09 Å². The summed E-state index contributed by atoms with van der Waals surface area (Å²) in [6, 6.07) is 2.96. The van der Waals surface area contributed by atoms with E-state index in [4.69, 9.17) is 0 Å². The number of Topliss-reactive ketones (excluding diaryl/α,β-unsaturated/α-hetero) is 1. The Hall–Kier alpha value is -3.27. The molecule has 1 aliphatic rings. The van der Waals surface area contributed by atoms with E-state index in [2.05, 4.69) is 15.3 Å². The first-order valence-electron chi connectivity index (χ1n) is 9.02. The van der Waals surface area contributed by atoms with E-state index in [0.717, 1.165) is 16.2 Å². The van der Waals surface area contributed by atoms with Crippen molar-refractivity contribution < 1.29 is 24.6 Å². The number of rotatable bonds is 5. The first-order chi connectivity index (χ1) is 13.8. The molecule has 0 radical (unpaired) electrons. The number of nitrogens with one attached hydrogen (secondary N) is 1. The van der Waals surface area contributed by atoms with Crippen LogP contribution in [0.4, 0.5) is 15.7 Å². The molecular weight excluding hydrogens is 396 g/mol. The SMILES string of the molecule is CCN(C(=O)O)c1ccc(C(=O)C2=C(O)c3sc(NC(C)=O)nc3CCC2)cn1. The normalized spacial score (nSPS) is 13.4. The predicted molar refractivity (Wildman–Crippen MR) is 109 cm³/mol.